The van der Waals surface area contributed by atoms with E-state index in [1.165, 1.54) is 0 Å². The maximum Gasteiger partial charge on any atom is 0.255 e. The molecule has 0 aliphatic carbocycles. The van der Waals surface area contributed by atoms with Gasteiger partial charge in [0.1, 0.15) is 0 Å². The average Bonchev–Trinajstić information content (AvgIpc) is 2.60. The van der Waals surface area contributed by atoms with Crippen molar-refractivity contribution >= 4 is 28.9 Å². The van der Waals surface area contributed by atoms with Gasteiger partial charge in [0.15, 0.2) is 11.5 Å². The summed E-state index contributed by atoms with van der Waals surface area (Å²) in [6.07, 6.45) is 2.31. The Hall–Kier alpha value is -2.66. The number of nitrogens with zero attached hydrogens (tertiary/aromatic N) is 1. The lowest BCUT2D eigenvalue weighted by Crippen LogP contribution is -2.17. The molecule has 0 spiro atoms. The van der Waals surface area contributed by atoms with Crippen molar-refractivity contribution in [3.63, 3.8) is 0 Å². The van der Waals surface area contributed by atoms with Crippen molar-refractivity contribution in [2.75, 3.05) is 38.5 Å². The van der Waals surface area contributed by atoms with Crippen LogP contribution in [0.25, 0.3) is 0 Å². The number of nitrogens with one attached hydrogen (secondary N) is 1. The molecule has 5 nitrogen and oxygen atoms in total. The van der Waals surface area contributed by atoms with E-state index < -0.39 is 0 Å². The number of benzene rings is 2. The van der Waals surface area contributed by atoms with E-state index in [0.29, 0.717) is 34.2 Å². The SMILES string of the molecule is C=CCc1cc(C(=O)Nc2cc(Cl)ccc2N(C)C)cc(OC)c1OC. The third-order valence-electron chi connectivity index (χ3n) is 3.87. The first-order valence-electron chi connectivity index (χ1n) is 8.05. The molecule has 0 aliphatic rings. The van der Waals surface area contributed by atoms with Crippen molar-refractivity contribution in [3.8, 4) is 11.5 Å². The minimum absolute atomic E-state index is 0.262. The first-order chi connectivity index (χ1) is 12.4. The second-order valence-corrected chi connectivity index (χ2v) is 6.31. The molecule has 0 saturated carbocycles. The van der Waals surface area contributed by atoms with Crippen molar-refractivity contribution in [1.29, 1.82) is 0 Å². The number of rotatable bonds is 7. The Kier molecular flexibility index (Phi) is 6.52. The Balaban J connectivity index is 2.43. The summed E-state index contributed by atoms with van der Waals surface area (Å²) in [5, 5.41) is 3.47. The van der Waals surface area contributed by atoms with Crippen LogP contribution in [0.5, 0.6) is 11.5 Å². The van der Waals surface area contributed by atoms with Gasteiger partial charge in [0.2, 0.25) is 0 Å². The van der Waals surface area contributed by atoms with Gasteiger partial charge in [0.05, 0.1) is 25.6 Å². The Morgan fingerprint density at radius 1 is 1.23 bits per heavy atom. The van der Waals surface area contributed by atoms with E-state index in [1.807, 2.05) is 25.1 Å². The summed E-state index contributed by atoms with van der Waals surface area (Å²) < 4.78 is 10.8. The first-order valence-corrected chi connectivity index (χ1v) is 8.43. The molecule has 2 rings (SSSR count). The van der Waals surface area contributed by atoms with Crippen molar-refractivity contribution in [2.24, 2.45) is 0 Å². The first kappa shape index (κ1) is 19.7. The monoisotopic (exact) mass is 374 g/mol. The van der Waals surface area contributed by atoms with Gasteiger partial charge in [-0.25, -0.2) is 0 Å². The number of anilines is 2. The molecule has 0 heterocycles. The van der Waals surface area contributed by atoms with Gasteiger partial charge in [0, 0.05) is 30.2 Å². The van der Waals surface area contributed by atoms with Crippen LogP contribution < -0.4 is 19.7 Å². The van der Waals surface area contributed by atoms with Gasteiger partial charge in [-0.05, 0) is 36.8 Å². The summed E-state index contributed by atoms with van der Waals surface area (Å²) in [5.41, 5.74) is 2.78. The molecular weight excluding hydrogens is 352 g/mol. The molecule has 0 aliphatic heterocycles. The third kappa shape index (κ3) is 4.29. The minimum Gasteiger partial charge on any atom is -0.493 e. The zero-order valence-electron chi connectivity index (χ0n) is 15.4. The number of carbonyl (C=O) groups excluding carboxylic acids is 1. The van der Waals surface area contributed by atoms with Gasteiger partial charge >= 0.3 is 0 Å². The van der Waals surface area contributed by atoms with Crippen molar-refractivity contribution in [3.05, 3.63) is 59.1 Å². The highest BCUT2D eigenvalue weighted by Crippen LogP contribution is 2.34. The van der Waals surface area contributed by atoms with Crippen molar-refractivity contribution in [1.82, 2.24) is 0 Å². The number of carbonyl (C=O) groups is 1. The summed E-state index contributed by atoms with van der Waals surface area (Å²) in [6, 6.07) is 8.79. The van der Waals surface area contributed by atoms with Gasteiger partial charge in [-0.3, -0.25) is 4.79 Å². The number of allylic oxidation sites excluding steroid dienone is 1. The molecule has 2 aromatic rings. The van der Waals surface area contributed by atoms with Crippen LogP contribution in [0, 0.1) is 0 Å². The smallest absolute Gasteiger partial charge is 0.255 e. The minimum atomic E-state index is -0.262. The second kappa shape index (κ2) is 8.63. The highest BCUT2D eigenvalue weighted by molar-refractivity contribution is 6.31. The fraction of sp³-hybridized carbons (Fsp3) is 0.250. The second-order valence-electron chi connectivity index (χ2n) is 5.87. The largest absolute Gasteiger partial charge is 0.493 e. The number of hydrogen-bond donors (Lipinski definition) is 1. The Bertz CT molecular complexity index is 819. The zero-order valence-corrected chi connectivity index (χ0v) is 16.2. The van der Waals surface area contributed by atoms with Crippen LogP contribution in [0.1, 0.15) is 15.9 Å². The fourth-order valence-corrected chi connectivity index (χ4v) is 2.85. The molecule has 0 radical (unpaired) electrons. The van der Waals surface area contributed by atoms with E-state index in [-0.39, 0.29) is 5.91 Å². The van der Waals surface area contributed by atoms with Crippen LogP contribution in [0.3, 0.4) is 0 Å². The summed E-state index contributed by atoms with van der Waals surface area (Å²) in [4.78, 5) is 14.7. The van der Waals surface area contributed by atoms with Crippen LogP contribution in [0.15, 0.2) is 43.0 Å². The van der Waals surface area contributed by atoms with E-state index in [9.17, 15) is 4.79 Å². The standard InChI is InChI=1S/C20H23ClN2O3/c1-6-7-13-10-14(11-18(25-4)19(13)26-5)20(24)22-16-12-15(21)8-9-17(16)23(2)3/h6,8-12H,1,7H2,2-5H3,(H,22,24). The Morgan fingerprint density at radius 2 is 1.96 bits per heavy atom. The highest BCUT2D eigenvalue weighted by atomic mass is 35.5. The van der Waals surface area contributed by atoms with Gasteiger partial charge < -0.3 is 19.7 Å². The third-order valence-corrected chi connectivity index (χ3v) is 4.11. The summed E-state index contributed by atoms with van der Waals surface area (Å²) in [5.74, 6) is 0.832. The molecule has 0 bridgehead atoms. The molecule has 0 aromatic heterocycles. The number of methoxy groups -OCH3 is 2. The van der Waals surface area contributed by atoms with E-state index in [1.54, 1.807) is 44.6 Å². The molecule has 1 amide bonds. The van der Waals surface area contributed by atoms with Gasteiger partial charge in [-0.1, -0.05) is 17.7 Å². The predicted octanol–water partition coefficient (Wildman–Crippen LogP) is 4.40. The fourth-order valence-electron chi connectivity index (χ4n) is 2.67. The van der Waals surface area contributed by atoms with E-state index in [0.717, 1.165) is 11.3 Å². The van der Waals surface area contributed by atoms with Gasteiger partial charge in [-0.15, -0.1) is 6.58 Å². The van der Waals surface area contributed by atoms with Crippen LogP contribution in [-0.2, 0) is 6.42 Å². The van der Waals surface area contributed by atoms with Crippen LogP contribution in [0.4, 0.5) is 11.4 Å². The lowest BCUT2D eigenvalue weighted by Gasteiger charge is -2.19. The number of hydrogen-bond acceptors (Lipinski definition) is 4. The van der Waals surface area contributed by atoms with Crippen LogP contribution >= 0.6 is 11.6 Å². The Morgan fingerprint density at radius 3 is 2.54 bits per heavy atom. The summed E-state index contributed by atoms with van der Waals surface area (Å²) in [6.45, 7) is 3.75. The topological polar surface area (TPSA) is 50.8 Å². The van der Waals surface area contributed by atoms with Gasteiger partial charge in [-0.2, -0.15) is 0 Å². The maximum absolute atomic E-state index is 12.8. The molecule has 6 heteroatoms. The molecule has 0 atom stereocenters. The lowest BCUT2D eigenvalue weighted by atomic mass is 10.0. The Labute approximate surface area is 159 Å². The van der Waals surface area contributed by atoms with E-state index >= 15 is 0 Å². The molecule has 0 unspecified atom stereocenters. The van der Waals surface area contributed by atoms with E-state index in [4.69, 9.17) is 21.1 Å². The molecule has 0 saturated heterocycles. The van der Waals surface area contributed by atoms with Crippen LogP contribution in [0.2, 0.25) is 5.02 Å². The summed E-state index contributed by atoms with van der Waals surface area (Å²) in [7, 11) is 6.91. The molecule has 2 aromatic carbocycles. The summed E-state index contributed by atoms with van der Waals surface area (Å²) >= 11 is 6.09. The normalized spacial score (nSPS) is 10.2. The number of ether oxygens (including phenoxy) is 2. The quantitative estimate of drug-likeness (QED) is 0.729. The molecule has 26 heavy (non-hydrogen) atoms. The lowest BCUT2D eigenvalue weighted by molar-refractivity contribution is 0.102. The molecule has 138 valence electrons. The predicted molar refractivity (Wildman–Crippen MR) is 107 cm³/mol. The molecule has 1 N–H and O–H groups in total. The van der Waals surface area contributed by atoms with Crippen molar-refractivity contribution < 1.29 is 14.3 Å². The van der Waals surface area contributed by atoms with Gasteiger partial charge in [0.25, 0.3) is 5.91 Å². The molecular formula is C20H23ClN2O3. The molecule has 0 fully saturated rings. The zero-order chi connectivity index (χ0) is 19.3. The number of halogens is 1. The maximum atomic E-state index is 12.8. The van der Waals surface area contributed by atoms with E-state index in [2.05, 4.69) is 11.9 Å². The average molecular weight is 375 g/mol. The van der Waals surface area contributed by atoms with Crippen LogP contribution in [-0.4, -0.2) is 34.2 Å². The highest BCUT2D eigenvalue weighted by Gasteiger charge is 2.17. The number of amides is 1. The van der Waals surface area contributed by atoms with Crippen molar-refractivity contribution in [2.45, 2.75) is 6.42 Å².